The summed E-state index contributed by atoms with van der Waals surface area (Å²) >= 11 is 1.76. The fourth-order valence-electron chi connectivity index (χ4n) is 3.60. The first-order valence-corrected chi connectivity index (χ1v) is 10.8. The van der Waals surface area contributed by atoms with Crippen LogP contribution in [-0.4, -0.2) is 63.2 Å². The van der Waals surface area contributed by atoms with Gasteiger partial charge in [0.2, 0.25) is 0 Å². The van der Waals surface area contributed by atoms with Gasteiger partial charge in [-0.3, -0.25) is 9.69 Å². The molecule has 0 saturated carbocycles. The van der Waals surface area contributed by atoms with Gasteiger partial charge in [0.1, 0.15) is 0 Å². The lowest BCUT2D eigenvalue weighted by molar-refractivity contribution is -0.137. The van der Waals surface area contributed by atoms with E-state index in [1.165, 1.54) is 21.8 Å². The van der Waals surface area contributed by atoms with Crippen LogP contribution in [0.15, 0.2) is 42.0 Å². The minimum atomic E-state index is -4.45. The molecule has 0 unspecified atom stereocenters. The lowest BCUT2D eigenvalue weighted by Crippen LogP contribution is -2.49. The van der Waals surface area contributed by atoms with Crippen LogP contribution in [-0.2, 0) is 12.6 Å². The third-order valence-corrected chi connectivity index (χ3v) is 6.38. The van der Waals surface area contributed by atoms with Gasteiger partial charge < -0.3 is 4.90 Å². The van der Waals surface area contributed by atoms with Crippen molar-refractivity contribution in [3.05, 3.63) is 63.7 Å². The van der Waals surface area contributed by atoms with E-state index >= 15 is 0 Å². The van der Waals surface area contributed by atoms with E-state index in [0.717, 1.165) is 38.3 Å². The van der Waals surface area contributed by atoms with Gasteiger partial charge in [-0.25, -0.2) is 9.67 Å². The maximum atomic E-state index is 13.0. The van der Waals surface area contributed by atoms with Gasteiger partial charge in [-0.05, 0) is 36.9 Å². The zero-order valence-electron chi connectivity index (χ0n) is 17.0. The van der Waals surface area contributed by atoms with E-state index in [4.69, 9.17) is 0 Å². The molecule has 1 saturated heterocycles. The Balaban J connectivity index is 1.38. The van der Waals surface area contributed by atoms with Crippen molar-refractivity contribution in [1.82, 2.24) is 24.6 Å². The number of halogens is 3. The summed E-state index contributed by atoms with van der Waals surface area (Å²) in [5.74, 6) is 0.122. The molecule has 0 radical (unpaired) electrons. The molecule has 0 aromatic carbocycles. The summed E-state index contributed by atoms with van der Waals surface area (Å²) in [6, 6.07) is 6.40. The number of thiophene rings is 1. The highest BCUT2D eigenvalue weighted by molar-refractivity contribution is 7.09. The SMILES string of the molecule is Cc1c(C(=O)N2CCN(CCc3cccs3)CC2)cnn1-c1ccc(C(F)(F)F)cn1. The third-order valence-electron chi connectivity index (χ3n) is 5.45. The van der Waals surface area contributed by atoms with Crippen LogP contribution in [0.1, 0.15) is 26.5 Å². The highest BCUT2D eigenvalue weighted by atomic mass is 32.1. The van der Waals surface area contributed by atoms with Crippen molar-refractivity contribution in [2.24, 2.45) is 0 Å². The van der Waals surface area contributed by atoms with Gasteiger partial charge in [0.05, 0.1) is 23.0 Å². The van der Waals surface area contributed by atoms with E-state index in [9.17, 15) is 18.0 Å². The molecule has 1 aliphatic heterocycles. The first-order chi connectivity index (χ1) is 14.8. The molecule has 164 valence electrons. The zero-order chi connectivity index (χ0) is 22.0. The number of alkyl halides is 3. The normalized spacial score (nSPS) is 15.4. The zero-order valence-corrected chi connectivity index (χ0v) is 17.8. The second-order valence-electron chi connectivity index (χ2n) is 7.42. The molecule has 4 heterocycles. The fourth-order valence-corrected chi connectivity index (χ4v) is 4.30. The van der Waals surface area contributed by atoms with Crippen LogP contribution in [0.2, 0.25) is 0 Å². The summed E-state index contributed by atoms with van der Waals surface area (Å²) in [5, 5.41) is 6.26. The highest BCUT2D eigenvalue weighted by Crippen LogP contribution is 2.29. The molecule has 3 aromatic rings. The predicted octanol–water partition coefficient (Wildman–Crippen LogP) is 3.66. The van der Waals surface area contributed by atoms with Crippen LogP contribution in [0.25, 0.3) is 5.82 Å². The number of pyridine rings is 1. The van der Waals surface area contributed by atoms with Crippen LogP contribution in [0.3, 0.4) is 0 Å². The van der Waals surface area contributed by atoms with Crippen molar-refractivity contribution in [3.8, 4) is 5.82 Å². The number of piperazine rings is 1. The molecule has 0 aliphatic carbocycles. The molecule has 31 heavy (non-hydrogen) atoms. The Kier molecular flexibility index (Phi) is 6.10. The Morgan fingerprint density at radius 2 is 1.90 bits per heavy atom. The summed E-state index contributed by atoms with van der Waals surface area (Å²) in [6.07, 6.45) is -1.21. The number of aromatic nitrogens is 3. The molecular formula is C21H22F3N5OS. The van der Waals surface area contributed by atoms with Gasteiger partial charge in [0.25, 0.3) is 5.91 Å². The summed E-state index contributed by atoms with van der Waals surface area (Å²) in [7, 11) is 0. The molecule has 10 heteroatoms. The number of hydrogen-bond donors (Lipinski definition) is 0. The summed E-state index contributed by atoms with van der Waals surface area (Å²) < 4.78 is 39.6. The molecule has 3 aromatic heterocycles. The largest absolute Gasteiger partial charge is 0.417 e. The van der Waals surface area contributed by atoms with Gasteiger partial charge in [-0.15, -0.1) is 11.3 Å². The Labute approximate surface area is 181 Å². The molecule has 0 spiro atoms. The maximum absolute atomic E-state index is 13.0. The molecule has 6 nitrogen and oxygen atoms in total. The molecule has 1 fully saturated rings. The van der Waals surface area contributed by atoms with Crippen molar-refractivity contribution < 1.29 is 18.0 Å². The first-order valence-electron chi connectivity index (χ1n) is 9.95. The number of rotatable bonds is 5. The summed E-state index contributed by atoms with van der Waals surface area (Å²) in [5.41, 5.74) is 0.167. The van der Waals surface area contributed by atoms with Crippen LogP contribution in [0.4, 0.5) is 13.2 Å². The molecule has 4 rings (SSSR count). The molecule has 0 bridgehead atoms. The first kappa shape index (κ1) is 21.5. The smallest absolute Gasteiger partial charge is 0.336 e. The Morgan fingerprint density at radius 1 is 1.13 bits per heavy atom. The molecular weight excluding hydrogens is 427 g/mol. The standard InChI is InChI=1S/C21H22F3N5OS/c1-15-18(14-26-29(15)19-5-4-16(13-25-19)21(22,23)24)20(30)28-10-8-27(9-11-28)7-6-17-3-2-12-31-17/h2-5,12-14H,6-11H2,1H3. The summed E-state index contributed by atoms with van der Waals surface area (Å²) in [6.45, 7) is 5.57. The van der Waals surface area contributed by atoms with E-state index in [2.05, 4.69) is 32.5 Å². The van der Waals surface area contributed by atoms with Crippen LogP contribution in [0.5, 0.6) is 0 Å². The number of amides is 1. The third kappa shape index (κ3) is 4.80. The summed E-state index contributed by atoms with van der Waals surface area (Å²) in [4.78, 5) is 22.4. The quantitative estimate of drug-likeness (QED) is 0.597. The van der Waals surface area contributed by atoms with E-state index in [1.54, 1.807) is 23.2 Å². The Morgan fingerprint density at radius 3 is 2.52 bits per heavy atom. The van der Waals surface area contributed by atoms with Crippen molar-refractivity contribution in [2.75, 3.05) is 32.7 Å². The molecule has 0 N–H and O–H groups in total. The number of carbonyl (C=O) groups excluding carboxylic acids is 1. The van der Waals surface area contributed by atoms with Gasteiger partial charge in [0.15, 0.2) is 5.82 Å². The van der Waals surface area contributed by atoms with Crippen molar-refractivity contribution in [1.29, 1.82) is 0 Å². The predicted molar refractivity (Wildman–Crippen MR) is 111 cm³/mol. The minimum absolute atomic E-state index is 0.117. The monoisotopic (exact) mass is 449 g/mol. The number of hydrogen-bond acceptors (Lipinski definition) is 5. The van der Waals surface area contributed by atoms with Crippen LogP contribution < -0.4 is 0 Å². The second-order valence-corrected chi connectivity index (χ2v) is 8.45. The van der Waals surface area contributed by atoms with Gasteiger partial charge in [0, 0.05) is 43.8 Å². The fraction of sp³-hybridized carbons (Fsp3) is 0.381. The van der Waals surface area contributed by atoms with Gasteiger partial charge in [-0.2, -0.15) is 18.3 Å². The van der Waals surface area contributed by atoms with Crippen LogP contribution in [0, 0.1) is 6.92 Å². The number of nitrogens with zero attached hydrogens (tertiary/aromatic N) is 5. The second kappa shape index (κ2) is 8.80. The molecule has 1 amide bonds. The maximum Gasteiger partial charge on any atom is 0.417 e. The number of carbonyl (C=O) groups is 1. The van der Waals surface area contributed by atoms with E-state index in [0.29, 0.717) is 24.3 Å². The Hall–Kier alpha value is -2.72. The van der Waals surface area contributed by atoms with Crippen molar-refractivity contribution >= 4 is 17.2 Å². The molecule has 1 aliphatic rings. The van der Waals surface area contributed by atoms with E-state index < -0.39 is 11.7 Å². The lowest BCUT2D eigenvalue weighted by atomic mass is 10.2. The topological polar surface area (TPSA) is 54.3 Å². The van der Waals surface area contributed by atoms with E-state index in [1.807, 2.05) is 0 Å². The molecule has 0 atom stereocenters. The van der Waals surface area contributed by atoms with E-state index in [-0.39, 0.29) is 11.7 Å². The Bertz CT molecular complexity index is 1020. The highest BCUT2D eigenvalue weighted by Gasteiger charge is 2.31. The average Bonchev–Trinajstić information content (AvgIpc) is 3.41. The van der Waals surface area contributed by atoms with Crippen LogP contribution >= 0.6 is 11.3 Å². The van der Waals surface area contributed by atoms with Gasteiger partial charge >= 0.3 is 6.18 Å². The van der Waals surface area contributed by atoms with Gasteiger partial charge in [-0.1, -0.05) is 6.07 Å². The minimum Gasteiger partial charge on any atom is -0.336 e. The van der Waals surface area contributed by atoms with Crippen molar-refractivity contribution in [2.45, 2.75) is 19.5 Å². The lowest BCUT2D eigenvalue weighted by Gasteiger charge is -2.34. The average molecular weight is 450 g/mol. The van der Waals surface area contributed by atoms with Crippen molar-refractivity contribution in [3.63, 3.8) is 0 Å².